The molecule has 0 unspecified atom stereocenters. The van der Waals surface area contributed by atoms with Crippen LogP contribution in [0, 0.1) is 5.92 Å². The predicted molar refractivity (Wildman–Crippen MR) is 81.5 cm³/mol. The van der Waals surface area contributed by atoms with Crippen molar-refractivity contribution in [1.82, 2.24) is 5.32 Å². The monoisotopic (exact) mass is 267 g/mol. The normalized spacial score (nSPS) is 24.2. The highest BCUT2D eigenvalue weighted by atomic mass is 16.5. The number of hydrogen-bond acceptors (Lipinski definition) is 2. The standard InChI is InChI=1S/C17H33NO/c1-15(2)14-18-13-12-17(10-7-11-17)19-16-8-5-3-4-6-9-16/h15-16,18H,3-14H2,1-2H3. The van der Waals surface area contributed by atoms with Gasteiger partial charge in [-0.2, -0.15) is 0 Å². The maximum absolute atomic E-state index is 6.56. The molecule has 2 saturated carbocycles. The highest BCUT2D eigenvalue weighted by Crippen LogP contribution is 2.41. The summed E-state index contributed by atoms with van der Waals surface area (Å²) in [7, 11) is 0. The van der Waals surface area contributed by atoms with Gasteiger partial charge in [-0.1, -0.05) is 39.5 Å². The minimum absolute atomic E-state index is 0.249. The highest BCUT2D eigenvalue weighted by molar-refractivity contribution is 4.91. The van der Waals surface area contributed by atoms with Crippen molar-refractivity contribution < 1.29 is 4.74 Å². The number of nitrogens with one attached hydrogen (secondary N) is 1. The smallest absolute Gasteiger partial charge is 0.0698 e. The summed E-state index contributed by atoms with van der Waals surface area (Å²) in [6, 6.07) is 0. The van der Waals surface area contributed by atoms with Gasteiger partial charge >= 0.3 is 0 Å². The first-order valence-corrected chi connectivity index (χ1v) is 8.59. The van der Waals surface area contributed by atoms with Gasteiger partial charge in [0.25, 0.3) is 0 Å². The fraction of sp³-hybridized carbons (Fsp3) is 1.00. The molecule has 0 spiro atoms. The summed E-state index contributed by atoms with van der Waals surface area (Å²) in [5.41, 5.74) is 0.249. The van der Waals surface area contributed by atoms with Crippen molar-refractivity contribution in [3.63, 3.8) is 0 Å². The SMILES string of the molecule is CC(C)CNCCC1(OC2CCCCCC2)CCC1. The molecule has 2 aliphatic rings. The third kappa shape index (κ3) is 5.07. The maximum Gasteiger partial charge on any atom is 0.0698 e. The van der Waals surface area contributed by atoms with E-state index >= 15 is 0 Å². The van der Waals surface area contributed by atoms with Gasteiger partial charge in [0, 0.05) is 0 Å². The molecular formula is C17H33NO. The summed E-state index contributed by atoms with van der Waals surface area (Å²) in [6.07, 6.45) is 14.0. The van der Waals surface area contributed by atoms with E-state index in [0.29, 0.717) is 6.10 Å². The first-order chi connectivity index (χ1) is 9.20. The largest absolute Gasteiger partial charge is 0.372 e. The van der Waals surface area contributed by atoms with E-state index in [1.807, 2.05) is 0 Å². The second-order valence-electron chi connectivity index (χ2n) is 7.12. The zero-order chi connectivity index (χ0) is 13.6. The van der Waals surface area contributed by atoms with Gasteiger partial charge in [0.05, 0.1) is 11.7 Å². The topological polar surface area (TPSA) is 21.3 Å². The average molecular weight is 267 g/mol. The molecule has 19 heavy (non-hydrogen) atoms. The number of rotatable bonds is 7. The van der Waals surface area contributed by atoms with Crippen LogP contribution < -0.4 is 5.32 Å². The molecule has 0 aromatic rings. The molecule has 0 aromatic heterocycles. The van der Waals surface area contributed by atoms with Crippen molar-refractivity contribution in [2.75, 3.05) is 13.1 Å². The van der Waals surface area contributed by atoms with Crippen molar-refractivity contribution >= 4 is 0 Å². The molecule has 0 atom stereocenters. The summed E-state index contributed by atoms with van der Waals surface area (Å²) >= 11 is 0. The molecule has 2 aliphatic carbocycles. The van der Waals surface area contributed by atoms with Crippen LogP contribution in [0.1, 0.15) is 78.1 Å². The molecular weight excluding hydrogens is 234 g/mol. The highest BCUT2D eigenvalue weighted by Gasteiger charge is 2.39. The number of ether oxygens (including phenoxy) is 1. The summed E-state index contributed by atoms with van der Waals surface area (Å²) in [5.74, 6) is 0.750. The van der Waals surface area contributed by atoms with Crippen LogP contribution in [0.4, 0.5) is 0 Å². The van der Waals surface area contributed by atoms with Crippen LogP contribution in [0.2, 0.25) is 0 Å². The second kappa shape index (κ2) is 7.64. The van der Waals surface area contributed by atoms with Crippen LogP contribution in [0.3, 0.4) is 0 Å². The van der Waals surface area contributed by atoms with Crippen LogP contribution in [0.15, 0.2) is 0 Å². The van der Waals surface area contributed by atoms with Crippen molar-refractivity contribution in [3.8, 4) is 0 Å². The van der Waals surface area contributed by atoms with E-state index in [-0.39, 0.29) is 5.60 Å². The molecule has 0 heterocycles. The lowest BCUT2D eigenvalue weighted by atomic mass is 9.77. The van der Waals surface area contributed by atoms with Gasteiger partial charge in [0.2, 0.25) is 0 Å². The molecule has 112 valence electrons. The van der Waals surface area contributed by atoms with Crippen molar-refractivity contribution in [2.24, 2.45) is 5.92 Å². The first-order valence-electron chi connectivity index (χ1n) is 8.59. The Morgan fingerprint density at radius 3 is 2.26 bits per heavy atom. The molecule has 1 N–H and O–H groups in total. The molecule has 0 aliphatic heterocycles. The van der Waals surface area contributed by atoms with E-state index in [9.17, 15) is 0 Å². The lowest BCUT2D eigenvalue weighted by molar-refractivity contribution is -0.146. The van der Waals surface area contributed by atoms with Gasteiger partial charge in [0.1, 0.15) is 0 Å². The predicted octanol–water partition coefficient (Wildman–Crippen LogP) is 4.28. The summed E-state index contributed by atoms with van der Waals surface area (Å²) in [4.78, 5) is 0. The third-order valence-electron chi connectivity index (χ3n) is 4.79. The molecule has 0 aromatic carbocycles. The zero-order valence-electron chi connectivity index (χ0n) is 13.0. The van der Waals surface area contributed by atoms with E-state index in [1.54, 1.807) is 0 Å². The Bertz CT molecular complexity index is 240. The Kier molecular flexibility index (Phi) is 6.15. The first kappa shape index (κ1) is 15.3. The summed E-state index contributed by atoms with van der Waals surface area (Å²) < 4.78 is 6.56. The number of hydrogen-bond donors (Lipinski definition) is 1. The third-order valence-corrected chi connectivity index (χ3v) is 4.79. The van der Waals surface area contributed by atoms with Crippen LogP contribution in [0.5, 0.6) is 0 Å². The van der Waals surface area contributed by atoms with Crippen molar-refractivity contribution in [2.45, 2.75) is 89.8 Å². The van der Waals surface area contributed by atoms with Crippen molar-refractivity contribution in [3.05, 3.63) is 0 Å². The molecule has 0 amide bonds. The van der Waals surface area contributed by atoms with Crippen LogP contribution in [0.25, 0.3) is 0 Å². The van der Waals surface area contributed by atoms with Crippen molar-refractivity contribution in [1.29, 1.82) is 0 Å². The average Bonchev–Trinajstić information content (AvgIpc) is 2.59. The van der Waals surface area contributed by atoms with Gasteiger partial charge in [-0.25, -0.2) is 0 Å². The summed E-state index contributed by atoms with van der Waals surface area (Å²) in [5, 5.41) is 3.58. The van der Waals surface area contributed by atoms with E-state index in [0.717, 1.165) is 19.0 Å². The van der Waals surface area contributed by atoms with E-state index in [2.05, 4.69) is 19.2 Å². The van der Waals surface area contributed by atoms with Gasteiger partial charge in [-0.3, -0.25) is 0 Å². The van der Waals surface area contributed by atoms with Crippen LogP contribution in [-0.2, 0) is 4.74 Å². The molecule has 2 heteroatoms. The zero-order valence-corrected chi connectivity index (χ0v) is 13.0. The van der Waals surface area contributed by atoms with E-state index < -0.39 is 0 Å². The van der Waals surface area contributed by atoms with Gasteiger partial charge in [-0.05, 0) is 57.5 Å². The molecule has 2 nitrogen and oxygen atoms in total. The van der Waals surface area contributed by atoms with Gasteiger partial charge in [-0.15, -0.1) is 0 Å². The Morgan fingerprint density at radius 1 is 1.05 bits per heavy atom. The molecule has 0 bridgehead atoms. The Balaban J connectivity index is 1.71. The molecule has 2 fully saturated rings. The van der Waals surface area contributed by atoms with Crippen LogP contribution in [-0.4, -0.2) is 24.8 Å². The van der Waals surface area contributed by atoms with Crippen LogP contribution >= 0.6 is 0 Å². The fourth-order valence-corrected chi connectivity index (χ4v) is 3.42. The molecule has 2 rings (SSSR count). The minimum Gasteiger partial charge on any atom is -0.372 e. The van der Waals surface area contributed by atoms with Gasteiger partial charge < -0.3 is 10.1 Å². The minimum atomic E-state index is 0.249. The van der Waals surface area contributed by atoms with Gasteiger partial charge in [0.15, 0.2) is 0 Å². The van der Waals surface area contributed by atoms with E-state index in [1.165, 1.54) is 64.2 Å². The molecule has 0 saturated heterocycles. The quantitative estimate of drug-likeness (QED) is 0.549. The summed E-state index contributed by atoms with van der Waals surface area (Å²) in [6.45, 7) is 6.81. The lowest BCUT2D eigenvalue weighted by Gasteiger charge is -2.44. The Labute approximate surface area is 119 Å². The lowest BCUT2D eigenvalue weighted by Crippen LogP contribution is -2.45. The van der Waals surface area contributed by atoms with E-state index in [4.69, 9.17) is 4.74 Å². The molecule has 0 radical (unpaired) electrons. The Hall–Kier alpha value is -0.0800. The fourth-order valence-electron chi connectivity index (χ4n) is 3.42. The maximum atomic E-state index is 6.56. The Morgan fingerprint density at radius 2 is 1.74 bits per heavy atom. The second-order valence-corrected chi connectivity index (χ2v) is 7.12.